The summed E-state index contributed by atoms with van der Waals surface area (Å²) in [6, 6.07) is 2.24. The molecule has 0 amide bonds. The Hall–Kier alpha value is -0.910. The third-order valence-electron chi connectivity index (χ3n) is 3.54. The van der Waals surface area contributed by atoms with E-state index in [1.165, 1.54) is 5.69 Å². The van der Waals surface area contributed by atoms with E-state index in [0.29, 0.717) is 6.61 Å². The van der Waals surface area contributed by atoms with E-state index in [1.54, 1.807) is 0 Å². The van der Waals surface area contributed by atoms with Gasteiger partial charge in [0, 0.05) is 32.8 Å². The molecule has 3 rings (SSSR count). The number of rotatable bonds is 1. The average Bonchev–Trinajstić information content (AvgIpc) is 2.90. The molecule has 5 nitrogen and oxygen atoms in total. The Kier molecular flexibility index (Phi) is 2.46. The minimum Gasteiger partial charge on any atom is -0.378 e. The molecule has 1 aromatic heterocycles. The highest BCUT2D eigenvalue weighted by atomic mass is 16.6. The summed E-state index contributed by atoms with van der Waals surface area (Å²) in [5.74, 6) is 0. The van der Waals surface area contributed by atoms with Gasteiger partial charge >= 0.3 is 0 Å². The lowest BCUT2D eigenvalue weighted by atomic mass is 9.89. The van der Waals surface area contributed by atoms with E-state index in [2.05, 4.69) is 10.4 Å². The Bertz CT molecular complexity index is 371. The molecule has 0 aliphatic carbocycles. The molecule has 2 aliphatic rings. The summed E-state index contributed by atoms with van der Waals surface area (Å²) in [7, 11) is 1.97. The zero-order chi connectivity index (χ0) is 11.0. The highest BCUT2D eigenvalue weighted by Gasteiger charge is 2.47. The number of aryl methyl sites for hydroxylation is 1. The molecule has 88 valence electrons. The second-order valence-corrected chi connectivity index (χ2v) is 4.48. The highest BCUT2D eigenvalue weighted by molar-refractivity contribution is 5.15. The lowest BCUT2D eigenvalue weighted by Gasteiger charge is -2.40. The smallest absolute Gasteiger partial charge is 0.115 e. The first-order valence-corrected chi connectivity index (χ1v) is 5.75. The van der Waals surface area contributed by atoms with Crippen LogP contribution in [0.1, 0.15) is 18.2 Å². The minimum atomic E-state index is -0.188. The van der Waals surface area contributed by atoms with Crippen molar-refractivity contribution in [2.45, 2.75) is 18.1 Å². The molecular weight excluding hydrogens is 206 g/mol. The van der Waals surface area contributed by atoms with Crippen LogP contribution in [0.25, 0.3) is 0 Å². The van der Waals surface area contributed by atoms with Crippen molar-refractivity contribution < 1.29 is 9.47 Å². The van der Waals surface area contributed by atoms with Gasteiger partial charge in [0.15, 0.2) is 0 Å². The van der Waals surface area contributed by atoms with Crippen molar-refractivity contribution in [2.24, 2.45) is 7.05 Å². The quantitative estimate of drug-likeness (QED) is 0.741. The van der Waals surface area contributed by atoms with E-state index >= 15 is 0 Å². The molecule has 1 aromatic rings. The summed E-state index contributed by atoms with van der Waals surface area (Å²) < 4.78 is 13.4. The van der Waals surface area contributed by atoms with Gasteiger partial charge in [0.05, 0.1) is 24.9 Å². The molecule has 0 bridgehead atoms. The van der Waals surface area contributed by atoms with Crippen molar-refractivity contribution in [3.8, 4) is 0 Å². The first-order chi connectivity index (χ1) is 7.82. The maximum Gasteiger partial charge on any atom is 0.115 e. The molecule has 5 heteroatoms. The summed E-state index contributed by atoms with van der Waals surface area (Å²) in [4.78, 5) is 0. The van der Waals surface area contributed by atoms with Gasteiger partial charge in [0.2, 0.25) is 0 Å². The van der Waals surface area contributed by atoms with Crippen LogP contribution in [-0.4, -0.2) is 41.7 Å². The van der Waals surface area contributed by atoms with Gasteiger partial charge in [-0.15, -0.1) is 0 Å². The van der Waals surface area contributed by atoms with Crippen molar-refractivity contribution >= 4 is 0 Å². The number of hydrogen-bond donors (Lipinski definition) is 1. The summed E-state index contributed by atoms with van der Waals surface area (Å²) in [5.41, 5.74) is 0.983. The molecule has 2 unspecified atom stereocenters. The Morgan fingerprint density at radius 2 is 2.50 bits per heavy atom. The molecule has 1 spiro atoms. The number of aromatic nitrogens is 2. The van der Waals surface area contributed by atoms with Crippen LogP contribution in [0.5, 0.6) is 0 Å². The largest absolute Gasteiger partial charge is 0.378 e. The van der Waals surface area contributed by atoms with Gasteiger partial charge in [-0.3, -0.25) is 4.68 Å². The Morgan fingerprint density at radius 3 is 3.19 bits per heavy atom. The van der Waals surface area contributed by atoms with E-state index in [1.807, 2.05) is 24.0 Å². The lowest BCUT2D eigenvalue weighted by molar-refractivity contribution is -0.100. The normalized spacial score (nSPS) is 34.7. The van der Waals surface area contributed by atoms with Crippen LogP contribution in [0.15, 0.2) is 12.3 Å². The average molecular weight is 223 g/mol. The van der Waals surface area contributed by atoms with E-state index in [4.69, 9.17) is 9.47 Å². The number of hydrogen-bond acceptors (Lipinski definition) is 4. The second-order valence-electron chi connectivity index (χ2n) is 4.48. The van der Waals surface area contributed by atoms with Crippen LogP contribution in [0, 0.1) is 0 Å². The van der Waals surface area contributed by atoms with Crippen molar-refractivity contribution in [3.63, 3.8) is 0 Å². The maximum absolute atomic E-state index is 5.99. The molecule has 2 atom stereocenters. The Balaban J connectivity index is 1.94. The summed E-state index contributed by atoms with van der Waals surface area (Å²) in [6.45, 7) is 3.11. The van der Waals surface area contributed by atoms with Crippen LogP contribution in [0.2, 0.25) is 0 Å². The molecule has 2 aliphatic heterocycles. The van der Waals surface area contributed by atoms with Crippen molar-refractivity contribution in [2.75, 3.05) is 26.4 Å². The molecule has 3 heterocycles. The van der Waals surface area contributed by atoms with Gasteiger partial charge in [0.1, 0.15) is 5.60 Å². The number of morpholine rings is 1. The van der Waals surface area contributed by atoms with Crippen molar-refractivity contribution in [1.82, 2.24) is 15.1 Å². The van der Waals surface area contributed by atoms with Crippen LogP contribution in [0.3, 0.4) is 0 Å². The number of nitrogens with zero attached hydrogens (tertiary/aromatic N) is 2. The first-order valence-electron chi connectivity index (χ1n) is 5.75. The fourth-order valence-electron chi connectivity index (χ4n) is 2.67. The van der Waals surface area contributed by atoms with Crippen molar-refractivity contribution in [3.05, 3.63) is 18.0 Å². The molecule has 0 saturated carbocycles. The van der Waals surface area contributed by atoms with E-state index < -0.39 is 0 Å². The Morgan fingerprint density at radius 1 is 1.56 bits per heavy atom. The molecular formula is C11H17N3O2. The predicted molar refractivity (Wildman–Crippen MR) is 58.1 cm³/mol. The van der Waals surface area contributed by atoms with Crippen LogP contribution < -0.4 is 5.32 Å². The van der Waals surface area contributed by atoms with E-state index in [-0.39, 0.29) is 11.6 Å². The summed E-state index contributed by atoms with van der Waals surface area (Å²) in [5, 5.41) is 7.76. The maximum atomic E-state index is 5.99. The van der Waals surface area contributed by atoms with Crippen molar-refractivity contribution in [1.29, 1.82) is 0 Å². The zero-order valence-corrected chi connectivity index (χ0v) is 9.48. The zero-order valence-electron chi connectivity index (χ0n) is 9.48. The van der Waals surface area contributed by atoms with Gasteiger partial charge in [0.25, 0.3) is 0 Å². The summed E-state index contributed by atoms with van der Waals surface area (Å²) >= 11 is 0. The fraction of sp³-hybridized carbons (Fsp3) is 0.727. The fourth-order valence-corrected chi connectivity index (χ4v) is 2.67. The highest BCUT2D eigenvalue weighted by Crippen LogP contribution is 2.37. The molecule has 0 aromatic carbocycles. The van der Waals surface area contributed by atoms with Gasteiger partial charge < -0.3 is 14.8 Å². The molecule has 2 fully saturated rings. The number of ether oxygens (including phenoxy) is 2. The summed E-state index contributed by atoms with van der Waals surface area (Å²) in [6.07, 6.45) is 2.78. The van der Waals surface area contributed by atoms with Crippen LogP contribution in [0.4, 0.5) is 0 Å². The Labute approximate surface area is 94.7 Å². The van der Waals surface area contributed by atoms with Gasteiger partial charge in [-0.2, -0.15) is 5.10 Å². The van der Waals surface area contributed by atoms with Gasteiger partial charge in [-0.05, 0) is 6.07 Å². The third kappa shape index (κ3) is 1.47. The van der Waals surface area contributed by atoms with Gasteiger partial charge in [-0.1, -0.05) is 0 Å². The molecule has 2 saturated heterocycles. The standard InChI is InChI=1S/C11H17N3O2/c1-14-9(2-4-13-14)10-11(3-6-15-8-11)16-7-5-12-10/h2,4,10,12H,3,5-8H2,1H3. The molecule has 1 N–H and O–H groups in total. The van der Waals surface area contributed by atoms with Crippen LogP contribution in [-0.2, 0) is 16.5 Å². The second kappa shape index (κ2) is 3.84. The van der Waals surface area contributed by atoms with Crippen LogP contribution >= 0.6 is 0 Å². The molecule has 0 radical (unpaired) electrons. The van der Waals surface area contributed by atoms with E-state index in [9.17, 15) is 0 Å². The topological polar surface area (TPSA) is 48.3 Å². The minimum absolute atomic E-state index is 0.188. The number of nitrogens with one attached hydrogen (secondary N) is 1. The third-order valence-corrected chi connectivity index (χ3v) is 3.54. The first kappa shape index (κ1) is 10.3. The molecule has 16 heavy (non-hydrogen) atoms. The van der Waals surface area contributed by atoms with E-state index in [0.717, 1.165) is 26.2 Å². The SMILES string of the molecule is Cn1nccc1C1NCCOC12CCOC2. The monoisotopic (exact) mass is 223 g/mol. The van der Waals surface area contributed by atoms with Gasteiger partial charge in [-0.25, -0.2) is 0 Å². The predicted octanol–water partition coefficient (Wildman–Crippen LogP) is 0.240. The lowest BCUT2D eigenvalue weighted by Crippen LogP contribution is -2.53.